The molecule has 0 unspecified atom stereocenters. The number of benzene rings is 1. The predicted octanol–water partition coefficient (Wildman–Crippen LogP) is 4.66. The van der Waals surface area contributed by atoms with E-state index in [2.05, 4.69) is 58.1 Å². The van der Waals surface area contributed by atoms with Crippen LogP contribution in [0, 0.1) is 0 Å². The zero-order valence-electron chi connectivity index (χ0n) is 15.8. The van der Waals surface area contributed by atoms with Crippen molar-refractivity contribution < 1.29 is 0 Å². The number of aliphatic imine (C=N–C) groups is 1. The van der Waals surface area contributed by atoms with Crippen LogP contribution in [-0.4, -0.2) is 39.9 Å². The zero-order chi connectivity index (χ0) is 18.2. The molecule has 2 fully saturated rings. The highest BCUT2D eigenvalue weighted by atomic mass is 32.2. The summed E-state index contributed by atoms with van der Waals surface area (Å²) < 4.78 is 0. The molecule has 0 spiro atoms. The van der Waals surface area contributed by atoms with Gasteiger partial charge in [-0.05, 0) is 49.1 Å². The van der Waals surface area contributed by atoms with Crippen LogP contribution in [0.5, 0.6) is 0 Å². The lowest BCUT2D eigenvalue weighted by Gasteiger charge is -2.32. The first-order valence-electron chi connectivity index (χ1n) is 10.1. The van der Waals surface area contributed by atoms with Gasteiger partial charge in [-0.2, -0.15) is 0 Å². The number of nitrogens with zero attached hydrogens (tertiary/aromatic N) is 4. The summed E-state index contributed by atoms with van der Waals surface area (Å²) in [5.41, 5.74) is 3.78. The maximum atomic E-state index is 5.11. The van der Waals surface area contributed by atoms with Gasteiger partial charge >= 0.3 is 0 Å². The smallest absolute Gasteiger partial charge is 0.160 e. The number of fused-ring (bicyclic) bond motifs is 1. The van der Waals surface area contributed by atoms with E-state index < -0.39 is 0 Å². The zero-order valence-corrected chi connectivity index (χ0v) is 16.6. The van der Waals surface area contributed by atoms with Crippen molar-refractivity contribution >= 4 is 22.6 Å². The minimum atomic E-state index is 0.0840. The summed E-state index contributed by atoms with van der Waals surface area (Å²) in [5.74, 6) is 1.15. The van der Waals surface area contributed by atoms with Crippen LogP contribution in [0.2, 0.25) is 0 Å². The van der Waals surface area contributed by atoms with E-state index in [-0.39, 0.29) is 12.1 Å². The van der Waals surface area contributed by atoms with Crippen molar-refractivity contribution in [3.63, 3.8) is 0 Å². The number of pyridine rings is 1. The standard InChI is InChI=1S/C22H26N4S/c1-2-17-15-27-22-24-20(19-7-3-4-12-23-19)21(26(17)22)16-8-10-18(11-9-16)25-13-5-6-14-25/h3-4,7-12,17,20-21H,2,5-6,13-15H2,1H3/t17-,20+,21+/m0/s1. The summed E-state index contributed by atoms with van der Waals surface area (Å²) in [5, 5.41) is 1.20. The SMILES string of the molecule is CC[C@H]1CSC2=N[C@H](c3ccccn3)[C@@H](c3ccc(N4CCCC4)cc3)N21. The molecule has 0 aliphatic carbocycles. The second-order valence-corrected chi connectivity index (χ2v) is 8.61. The lowest BCUT2D eigenvalue weighted by Crippen LogP contribution is -2.35. The Bertz CT molecular complexity index is 814. The number of thioether (sulfide) groups is 1. The molecular formula is C22H26N4S. The van der Waals surface area contributed by atoms with Crippen molar-refractivity contribution in [1.29, 1.82) is 0 Å². The van der Waals surface area contributed by atoms with Crippen LogP contribution in [0.1, 0.15) is 49.5 Å². The van der Waals surface area contributed by atoms with Crippen molar-refractivity contribution in [2.24, 2.45) is 4.99 Å². The van der Waals surface area contributed by atoms with Gasteiger partial charge in [-0.15, -0.1) is 0 Å². The number of hydrogen-bond acceptors (Lipinski definition) is 5. The van der Waals surface area contributed by atoms with Gasteiger partial charge in [-0.3, -0.25) is 9.98 Å². The number of anilines is 1. The fourth-order valence-electron chi connectivity index (χ4n) is 4.57. The lowest BCUT2D eigenvalue weighted by atomic mass is 9.95. The first kappa shape index (κ1) is 17.1. The summed E-state index contributed by atoms with van der Waals surface area (Å²) in [6.45, 7) is 4.66. The molecule has 3 atom stereocenters. The van der Waals surface area contributed by atoms with Crippen LogP contribution in [0.4, 0.5) is 5.69 Å². The van der Waals surface area contributed by atoms with E-state index in [4.69, 9.17) is 4.99 Å². The second kappa shape index (κ2) is 7.19. The molecular weight excluding hydrogens is 352 g/mol. The summed E-state index contributed by atoms with van der Waals surface area (Å²) in [6, 6.07) is 16.3. The third kappa shape index (κ3) is 3.02. The molecule has 1 aromatic carbocycles. The Hall–Kier alpha value is -2.01. The van der Waals surface area contributed by atoms with Gasteiger partial charge in [-0.1, -0.05) is 36.9 Å². The highest BCUT2D eigenvalue weighted by Gasteiger charge is 2.45. The van der Waals surface area contributed by atoms with Gasteiger partial charge in [0, 0.05) is 36.8 Å². The molecule has 5 heteroatoms. The summed E-state index contributed by atoms with van der Waals surface area (Å²) in [7, 11) is 0. The van der Waals surface area contributed by atoms with E-state index in [9.17, 15) is 0 Å². The molecule has 0 bridgehead atoms. The van der Waals surface area contributed by atoms with Crippen LogP contribution in [-0.2, 0) is 0 Å². The van der Waals surface area contributed by atoms with Crippen molar-refractivity contribution in [2.75, 3.05) is 23.7 Å². The average molecular weight is 379 g/mol. The Morgan fingerprint density at radius 2 is 1.89 bits per heavy atom. The van der Waals surface area contributed by atoms with Gasteiger partial charge in [0.1, 0.15) is 6.04 Å². The van der Waals surface area contributed by atoms with E-state index in [1.165, 1.54) is 42.3 Å². The Balaban J connectivity index is 1.50. The van der Waals surface area contributed by atoms with Crippen LogP contribution in [0.25, 0.3) is 0 Å². The summed E-state index contributed by atoms with van der Waals surface area (Å²) in [4.78, 5) is 14.8. The Labute approximate surface area is 165 Å². The van der Waals surface area contributed by atoms with Crippen molar-refractivity contribution in [2.45, 2.75) is 44.3 Å². The summed E-state index contributed by atoms with van der Waals surface area (Å²) in [6.07, 6.45) is 5.67. The Morgan fingerprint density at radius 3 is 2.59 bits per heavy atom. The normalized spacial score (nSPS) is 27.1. The minimum Gasteiger partial charge on any atom is -0.372 e. The molecule has 0 saturated carbocycles. The van der Waals surface area contributed by atoms with Crippen LogP contribution in [0.3, 0.4) is 0 Å². The van der Waals surface area contributed by atoms with E-state index in [1.807, 2.05) is 24.0 Å². The van der Waals surface area contributed by atoms with Crippen molar-refractivity contribution in [3.8, 4) is 0 Å². The van der Waals surface area contributed by atoms with Crippen LogP contribution < -0.4 is 4.90 Å². The molecule has 4 nitrogen and oxygen atoms in total. The number of rotatable bonds is 4. The van der Waals surface area contributed by atoms with Gasteiger partial charge in [-0.25, -0.2) is 0 Å². The molecule has 3 aliphatic heterocycles. The molecule has 4 heterocycles. The number of amidine groups is 1. The fourth-order valence-corrected chi connectivity index (χ4v) is 5.90. The first-order chi connectivity index (χ1) is 13.3. The maximum absolute atomic E-state index is 5.11. The average Bonchev–Trinajstić information content (AvgIpc) is 3.45. The predicted molar refractivity (Wildman–Crippen MR) is 113 cm³/mol. The highest BCUT2D eigenvalue weighted by molar-refractivity contribution is 8.14. The van der Waals surface area contributed by atoms with Gasteiger partial charge < -0.3 is 9.80 Å². The van der Waals surface area contributed by atoms with Crippen molar-refractivity contribution in [3.05, 3.63) is 59.9 Å². The van der Waals surface area contributed by atoms with E-state index in [0.29, 0.717) is 6.04 Å². The monoisotopic (exact) mass is 378 g/mol. The highest BCUT2D eigenvalue weighted by Crippen LogP contribution is 2.48. The summed E-state index contributed by atoms with van der Waals surface area (Å²) >= 11 is 1.91. The molecule has 0 amide bonds. The quantitative estimate of drug-likeness (QED) is 0.774. The van der Waals surface area contributed by atoms with Crippen molar-refractivity contribution in [1.82, 2.24) is 9.88 Å². The largest absolute Gasteiger partial charge is 0.372 e. The molecule has 3 aliphatic rings. The van der Waals surface area contributed by atoms with E-state index >= 15 is 0 Å². The molecule has 0 radical (unpaired) electrons. The molecule has 0 N–H and O–H groups in total. The molecule has 140 valence electrons. The Kier molecular flexibility index (Phi) is 4.56. The third-order valence-corrected chi connectivity index (χ3v) is 7.16. The van der Waals surface area contributed by atoms with Crippen LogP contribution in [0.15, 0.2) is 53.7 Å². The van der Waals surface area contributed by atoms with E-state index in [0.717, 1.165) is 17.9 Å². The molecule has 27 heavy (non-hydrogen) atoms. The molecule has 5 rings (SSSR count). The second-order valence-electron chi connectivity index (χ2n) is 7.62. The third-order valence-electron chi connectivity index (χ3n) is 6.04. The van der Waals surface area contributed by atoms with Crippen LogP contribution >= 0.6 is 11.8 Å². The van der Waals surface area contributed by atoms with Gasteiger partial charge in [0.05, 0.1) is 11.7 Å². The minimum absolute atomic E-state index is 0.0840. The van der Waals surface area contributed by atoms with E-state index in [1.54, 1.807) is 0 Å². The van der Waals surface area contributed by atoms with Gasteiger partial charge in [0.15, 0.2) is 5.17 Å². The molecule has 1 aromatic heterocycles. The van der Waals surface area contributed by atoms with Gasteiger partial charge in [0.2, 0.25) is 0 Å². The molecule has 2 aromatic rings. The Morgan fingerprint density at radius 1 is 1.07 bits per heavy atom. The lowest BCUT2D eigenvalue weighted by molar-refractivity contribution is 0.255. The van der Waals surface area contributed by atoms with Gasteiger partial charge in [0.25, 0.3) is 0 Å². The molecule has 2 saturated heterocycles. The topological polar surface area (TPSA) is 31.7 Å². The fraction of sp³-hybridized carbons (Fsp3) is 0.455. The first-order valence-corrected chi connectivity index (χ1v) is 11.1. The number of hydrogen-bond donors (Lipinski definition) is 0. The number of aromatic nitrogens is 1. The maximum Gasteiger partial charge on any atom is 0.160 e.